The first-order valence-electron chi connectivity index (χ1n) is 8.77. The maximum Gasteiger partial charge on any atom is 0.257 e. The lowest BCUT2D eigenvalue weighted by Crippen LogP contribution is -2.17. The standard InChI is InChI=1S/C20H16BrN3O4S/c21-15-11-17-16(27-6-7-28-17)9-13(15)10-18(25)23-14-3-1-12(2-4-14)19(26)24-20-22-5-8-29-20/h1-5,8-9,11H,6-7,10H2,(H,23,25)(H,22,24,26). The van der Waals surface area contributed by atoms with E-state index in [4.69, 9.17) is 9.47 Å². The first-order valence-corrected chi connectivity index (χ1v) is 10.4. The van der Waals surface area contributed by atoms with Crippen LogP contribution in [0.1, 0.15) is 15.9 Å². The molecule has 0 saturated carbocycles. The number of benzene rings is 2. The molecule has 9 heteroatoms. The molecular formula is C20H16BrN3O4S. The minimum absolute atomic E-state index is 0.170. The molecule has 0 unspecified atom stereocenters. The van der Waals surface area contributed by atoms with Gasteiger partial charge in [0.2, 0.25) is 5.91 Å². The Morgan fingerprint density at radius 3 is 2.48 bits per heavy atom. The highest BCUT2D eigenvalue weighted by Crippen LogP contribution is 2.35. The van der Waals surface area contributed by atoms with Gasteiger partial charge in [-0.3, -0.25) is 14.9 Å². The molecule has 0 radical (unpaired) electrons. The number of ether oxygens (including phenoxy) is 2. The maximum absolute atomic E-state index is 12.4. The third-order valence-electron chi connectivity index (χ3n) is 4.15. The van der Waals surface area contributed by atoms with Crippen LogP contribution in [0.5, 0.6) is 11.5 Å². The summed E-state index contributed by atoms with van der Waals surface area (Å²) >= 11 is 4.82. The molecule has 1 aliphatic heterocycles. The Kier molecular flexibility index (Phi) is 5.77. The Morgan fingerprint density at radius 1 is 1.07 bits per heavy atom. The van der Waals surface area contributed by atoms with Gasteiger partial charge in [-0.05, 0) is 42.0 Å². The number of fused-ring (bicyclic) bond motifs is 1. The highest BCUT2D eigenvalue weighted by molar-refractivity contribution is 9.10. The first-order chi connectivity index (χ1) is 14.1. The Labute approximate surface area is 179 Å². The molecule has 3 aromatic rings. The molecule has 2 aromatic carbocycles. The zero-order chi connectivity index (χ0) is 20.2. The molecular weight excluding hydrogens is 458 g/mol. The van der Waals surface area contributed by atoms with Crippen molar-refractivity contribution in [2.45, 2.75) is 6.42 Å². The minimum atomic E-state index is -0.252. The van der Waals surface area contributed by atoms with Gasteiger partial charge < -0.3 is 14.8 Å². The van der Waals surface area contributed by atoms with E-state index in [1.165, 1.54) is 11.3 Å². The van der Waals surface area contributed by atoms with Gasteiger partial charge in [-0.1, -0.05) is 15.9 Å². The van der Waals surface area contributed by atoms with E-state index in [2.05, 4.69) is 31.5 Å². The van der Waals surface area contributed by atoms with Crippen LogP contribution in [0.25, 0.3) is 0 Å². The maximum atomic E-state index is 12.4. The number of anilines is 2. The molecule has 1 aromatic heterocycles. The number of hydrogen-bond donors (Lipinski definition) is 2. The third kappa shape index (κ3) is 4.75. The average Bonchev–Trinajstić information content (AvgIpc) is 3.22. The summed E-state index contributed by atoms with van der Waals surface area (Å²) in [4.78, 5) is 28.6. The summed E-state index contributed by atoms with van der Waals surface area (Å²) in [6.07, 6.45) is 1.79. The van der Waals surface area contributed by atoms with Crippen LogP contribution in [0.15, 0.2) is 52.4 Å². The van der Waals surface area contributed by atoms with E-state index < -0.39 is 0 Å². The molecule has 0 atom stereocenters. The lowest BCUT2D eigenvalue weighted by molar-refractivity contribution is -0.115. The Hall–Kier alpha value is -2.91. The molecule has 2 N–H and O–H groups in total. The van der Waals surface area contributed by atoms with Crippen molar-refractivity contribution in [2.24, 2.45) is 0 Å². The summed E-state index contributed by atoms with van der Waals surface area (Å²) in [5, 5.41) is 7.88. The van der Waals surface area contributed by atoms with Crippen molar-refractivity contribution in [3.8, 4) is 11.5 Å². The van der Waals surface area contributed by atoms with E-state index >= 15 is 0 Å². The van der Waals surface area contributed by atoms with Crippen molar-refractivity contribution in [2.75, 3.05) is 23.8 Å². The summed E-state index contributed by atoms with van der Waals surface area (Å²) < 4.78 is 11.9. The van der Waals surface area contributed by atoms with E-state index in [9.17, 15) is 9.59 Å². The van der Waals surface area contributed by atoms with Crippen LogP contribution in [0.3, 0.4) is 0 Å². The highest BCUT2D eigenvalue weighted by atomic mass is 79.9. The normalized spacial score (nSPS) is 12.3. The molecule has 4 rings (SSSR count). The van der Waals surface area contributed by atoms with Crippen LogP contribution in [0.4, 0.5) is 10.8 Å². The molecule has 0 bridgehead atoms. The molecule has 0 spiro atoms. The lowest BCUT2D eigenvalue weighted by Gasteiger charge is -2.19. The SMILES string of the molecule is O=C(Cc1cc2c(cc1Br)OCCO2)Nc1ccc(C(=O)Nc2nccs2)cc1. The fourth-order valence-electron chi connectivity index (χ4n) is 2.78. The molecule has 1 aliphatic rings. The monoisotopic (exact) mass is 473 g/mol. The van der Waals surface area contributed by atoms with Gasteiger partial charge in [0.05, 0.1) is 6.42 Å². The van der Waals surface area contributed by atoms with Crippen molar-refractivity contribution in [3.63, 3.8) is 0 Å². The molecule has 29 heavy (non-hydrogen) atoms. The third-order valence-corrected chi connectivity index (χ3v) is 5.57. The van der Waals surface area contributed by atoms with Crippen LogP contribution in [0, 0.1) is 0 Å². The second kappa shape index (κ2) is 8.62. The minimum Gasteiger partial charge on any atom is -0.486 e. The second-order valence-corrected chi connectivity index (χ2v) is 7.93. The number of carbonyl (C=O) groups excluding carboxylic acids is 2. The number of carbonyl (C=O) groups is 2. The van der Waals surface area contributed by atoms with Crippen molar-refractivity contribution < 1.29 is 19.1 Å². The molecule has 148 valence electrons. The van der Waals surface area contributed by atoms with E-state index in [1.807, 2.05) is 12.1 Å². The van der Waals surface area contributed by atoms with E-state index in [-0.39, 0.29) is 18.2 Å². The predicted octanol–water partition coefficient (Wildman–Crippen LogP) is 4.11. The number of nitrogens with zero attached hydrogens (tertiary/aromatic N) is 1. The predicted molar refractivity (Wildman–Crippen MR) is 114 cm³/mol. The number of hydrogen-bond acceptors (Lipinski definition) is 6. The van der Waals surface area contributed by atoms with Crippen molar-refractivity contribution >= 4 is 49.9 Å². The van der Waals surface area contributed by atoms with Crippen molar-refractivity contribution in [1.82, 2.24) is 4.98 Å². The van der Waals surface area contributed by atoms with Crippen LogP contribution in [-0.2, 0) is 11.2 Å². The number of aromatic nitrogens is 1. The van der Waals surface area contributed by atoms with Gasteiger partial charge in [0, 0.05) is 27.3 Å². The number of thiazole rings is 1. The van der Waals surface area contributed by atoms with Gasteiger partial charge in [0.15, 0.2) is 16.6 Å². The summed E-state index contributed by atoms with van der Waals surface area (Å²) in [5.74, 6) is 0.872. The average molecular weight is 474 g/mol. The van der Waals surface area contributed by atoms with E-state index in [1.54, 1.807) is 35.8 Å². The van der Waals surface area contributed by atoms with Crippen molar-refractivity contribution in [3.05, 3.63) is 63.6 Å². The molecule has 7 nitrogen and oxygen atoms in total. The van der Waals surface area contributed by atoms with Crippen molar-refractivity contribution in [1.29, 1.82) is 0 Å². The zero-order valence-corrected chi connectivity index (χ0v) is 17.5. The summed E-state index contributed by atoms with van der Waals surface area (Å²) in [7, 11) is 0. The largest absolute Gasteiger partial charge is 0.486 e. The number of nitrogens with one attached hydrogen (secondary N) is 2. The van der Waals surface area contributed by atoms with Gasteiger partial charge in [0.1, 0.15) is 13.2 Å². The van der Waals surface area contributed by atoms with Crippen LogP contribution >= 0.6 is 27.3 Å². The van der Waals surface area contributed by atoms with E-state index in [0.29, 0.717) is 41.1 Å². The fraction of sp³-hybridized carbons (Fsp3) is 0.150. The van der Waals surface area contributed by atoms with Gasteiger partial charge >= 0.3 is 0 Å². The fourth-order valence-corrected chi connectivity index (χ4v) is 3.77. The van der Waals surface area contributed by atoms with Crippen LogP contribution in [-0.4, -0.2) is 30.0 Å². The second-order valence-electron chi connectivity index (χ2n) is 6.18. The molecule has 0 saturated heterocycles. The molecule has 2 amide bonds. The zero-order valence-electron chi connectivity index (χ0n) is 15.1. The summed E-state index contributed by atoms with van der Waals surface area (Å²) in [6.45, 7) is 1.000. The molecule has 2 heterocycles. The number of halogens is 1. The van der Waals surface area contributed by atoms with E-state index in [0.717, 1.165) is 10.0 Å². The number of amides is 2. The summed E-state index contributed by atoms with van der Waals surface area (Å²) in [5.41, 5.74) is 1.88. The summed E-state index contributed by atoms with van der Waals surface area (Å²) in [6, 6.07) is 10.3. The highest BCUT2D eigenvalue weighted by Gasteiger charge is 2.17. The van der Waals surface area contributed by atoms with Gasteiger partial charge in [-0.2, -0.15) is 0 Å². The first kappa shape index (κ1) is 19.4. The lowest BCUT2D eigenvalue weighted by atomic mass is 10.1. The van der Waals surface area contributed by atoms with Gasteiger partial charge in [0.25, 0.3) is 5.91 Å². The van der Waals surface area contributed by atoms with Gasteiger partial charge in [-0.25, -0.2) is 4.98 Å². The van der Waals surface area contributed by atoms with Gasteiger partial charge in [-0.15, -0.1) is 11.3 Å². The quantitative estimate of drug-likeness (QED) is 0.581. The Bertz CT molecular complexity index is 1040. The van der Waals surface area contributed by atoms with Crippen LogP contribution in [0.2, 0.25) is 0 Å². The molecule has 0 fully saturated rings. The Morgan fingerprint density at radius 2 is 1.79 bits per heavy atom. The number of rotatable bonds is 5. The smallest absolute Gasteiger partial charge is 0.257 e. The Balaban J connectivity index is 1.38. The van der Waals surface area contributed by atoms with Crippen LogP contribution < -0.4 is 20.1 Å². The molecule has 0 aliphatic carbocycles. The topological polar surface area (TPSA) is 89.5 Å².